The molecule has 11 heavy (non-hydrogen) atoms. The molecule has 3 heteroatoms. The number of hydrogen-bond donors (Lipinski definition) is 0. The molecule has 2 nitrogen and oxygen atoms in total. The first-order valence-electron chi connectivity index (χ1n) is 3.45. The van der Waals surface area contributed by atoms with Gasteiger partial charge in [0.1, 0.15) is 0 Å². The van der Waals surface area contributed by atoms with Crippen LogP contribution in [0.15, 0.2) is 30.1 Å². The standard InChI is InChI=1S/C8H9IN2/c1-6-3-4-8-9(11-6)5-7(2)10-8/h3-5H,1-2H3. The van der Waals surface area contributed by atoms with Crippen molar-refractivity contribution in [2.24, 2.45) is 8.20 Å². The molecule has 0 fully saturated rings. The predicted molar refractivity (Wildman–Crippen MR) is 57.5 cm³/mol. The Morgan fingerprint density at radius 2 is 2.09 bits per heavy atom. The van der Waals surface area contributed by atoms with Crippen molar-refractivity contribution in [1.29, 1.82) is 0 Å². The van der Waals surface area contributed by atoms with E-state index in [1.807, 2.05) is 19.9 Å². The van der Waals surface area contributed by atoms with Crippen LogP contribution < -0.4 is 0 Å². The van der Waals surface area contributed by atoms with Gasteiger partial charge < -0.3 is 0 Å². The summed E-state index contributed by atoms with van der Waals surface area (Å²) in [6, 6.07) is 0. The molecule has 0 bridgehead atoms. The van der Waals surface area contributed by atoms with Gasteiger partial charge in [0.25, 0.3) is 0 Å². The van der Waals surface area contributed by atoms with Gasteiger partial charge >= 0.3 is 73.5 Å². The topological polar surface area (TPSA) is 24.7 Å². The number of fused-ring (bicyclic) bond motifs is 1. The van der Waals surface area contributed by atoms with E-state index in [9.17, 15) is 0 Å². The van der Waals surface area contributed by atoms with Gasteiger partial charge in [-0.15, -0.1) is 0 Å². The number of aliphatic imine (C=N–C) groups is 1. The Morgan fingerprint density at radius 1 is 1.27 bits per heavy atom. The molecule has 2 heterocycles. The second-order valence-corrected chi connectivity index (χ2v) is 6.41. The first-order chi connectivity index (χ1) is 5.25. The molecule has 0 aromatic carbocycles. The fourth-order valence-electron chi connectivity index (χ4n) is 0.972. The molecule has 2 rings (SSSR count). The Balaban J connectivity index is 2.39. The van der Waals surface area contributed by atoms with Crippen LogP contribution in [0.5, 0.6) is 0 Å². The molecule has 2 aliphatic rings. The number of allylic oxidation sites excluding steroid dienone is 3. The zero-order chi connectivity index (χ0) is 7.84. The Hall–Kier alpha value is -0.450. The van der Waals surface area contributed by atoms with E-state index in [1.54, 1.807) is 0 Å². The van der Waals surface area contributed by atoms with Crippen molar-refractivity contribution in [2.75, 3.05) is 0 Å². The molecule has 0 saturated heterocycles. The second kappa shape index (κ2) is 2.55. The summed E-state index contributed by atoms with van der Waals surface area (Å²) in [5, 5.41) is 0. The van der Waals surface area contributed by atoms with Crippen LogP contribution in [-0.2, 0) is 0 Å². The zero-order valence-electron chi connectivity index (χ0n) is 6.50. The third-order valence-electron chi connectivity index (χ3n) is 1.43. The van der Waals surface area contributed by atoms with E-state index in [4.69, 9.17) is 0 Å². The molecule has 0 radical (unpaired) electrons. The minimum atomic E-state index is -1.28. The van der Waals surface area contributed by atoms with Gasteiger partial charge in [-0.25, -0.2) is 0 Å². The van der Waals surface area contributed by atoms with Crippen molar-refractivity contribution in [2.45, 2.75) is 13.8 Å². The summed E-state index contributed by atoms with van der Waals surface area (Å²) in [4.78, 5) is 4.40. The van der Waals surface area contributed by atoms with Crippen molar-refractivity contribution in [1.82, 2.24) is 0 Å². The molecule has 2 aliphatic heterocycles. The fourth-order valence-corrected chi connectivity index (χ4v) is 4.83. The normalized spacial score (nSPS) is 24.2. The van der Waals surface area contributed by atoms with Crippen LogP contribution in [0, 0.1) is 0 Å². The van der Waals surface area contributed by atoms with Gasteiger partial charge in [0, 0.05) is 0 Å². The SMILES string of the molecule is CC1=CI2N=C(C)C=CC2=N1. The molecule has 0 saturated carbocycles. The van der Waals surface area contributed by atoms with Crippen LogP contribution in [0.2, 0.25) is 0 Å². The summed E-state index contributed by atoms with van der Waals surface area (Å²) < 4.78 is 8.05. The maximum absolute atomic E-state index is 4.57. The summed E-state index contributed by atoms with van der Waals surface area (Å²) in [7, 11) is 0. The van der Waals surface area contributed by atoms with E-state index >= 15 is 0 Å². The van der Waals surface area contributed by atoms with E-state index in [2.05, 4.69) is 18.4 Å². The van der Waals surface area contributed by atoms with Gasteiger partial charge in [0.15, 0.2) is 0 Å². The van der Waals surface area contributed by atoms with E-state index < -0.39 is 20.1 Å². The molecule has 0 aliphatic carbocycles. The van der Waals surface area contributed by atoms with Crippen molar-refractivity contribution in [3.8, 4) is 0 Å². The maximum atomic E-state index is 4.57. The average Bonchev–Trinajstić information content (AvgIpc) is 2.27. The van der Waals surface area contributed by atoms with Gasteiger partial charge in [-0.2, -0.15) is 0 Å². The second-order valence-electron chi connectivity index (χ2n) is 2.54. The average molecular weight is 260 g/mol. The van der Waals surface area contributed by atoms with Crippen molar-refractivity contribution >= 4 is 29.5 Å². The summed E-state index contributed by atoms with van der Waals surface area (Å²) >= 11 is -1.28. The molecule has 0 amide bonds. The van der Waals surface area contributed by atoms with Gasteiger partial charge in [-0.1, -0.05) is 0 Å². The molecule has 58 valence electrons. The predicted octanol–water partition coefficient (Wildman–Crippen LogP) is 2.71. The van der Waals surface area contributed by atoms with Crippen LogP contribution in [-0.4, -0.2) is 9.43 Å². The minimum absolute atomic E-state index is 1.15. The van der Waals surface area contributed by atoms with Crippen molar-refractivity contribution in [3.05, 3.63) is 21.9 Å². The quantitative estimate of drug-likeness (QED) is 0.598. The fraction of sp³-hybridized carbons (Fsp3) is 0.250. The first kappa shape index (κ1) is 7.21. The van der Waals surface area contributed by atoms with E-state index in [0.717, 1.165) is 11.4 Å². The Kier molecular flexibility index (Phi) is 1.67. The molecule has 0 atom stereocenters. The number of nitrogens with zero attached hydrogens (tertiary/aromatic N) is 2. The van der Waals surface area contributed by atoms with Crippen LogP contribution in [0.25, 0.3) is 0 Å². The zero-order valence-corrected chi connectivity index (χ0v) is 8.66. The van der Waals surface area contributed by atoms with Crippen LogP contribution in [0.4, 0.5) is 0 Å². The third-order valence-corrected chi connectivity index (χ3v) is 5.93. The third kappa shape index (κ3) is 1.29. The van der Waals surface area contributed by atoms with Crippen molar-refractivity contribution < 1.29 is 0 Å². The number of hydrogen-bond acceptors (Lipinski definition) is 2. The number of rotatable bonds is 0. The summed E-state index contributed by atoms with van der Waals surface area (Å²) in [5.41, 5.74) is 2.30. The Morgan fingerprint density at radius 3 is 2.91 bits per heavy atom. The monoisotopic (exact) mass is 260 g/mol. The molecule has 0 aromatic heterocycles. The van der Waals surface area contributed by atoms with Crippen LogP contribution in [0.3, 0.4) is 0 Å². The molecule has 0 N–H and O–H groups in total. The van der Waals surface area contributed by atoms with Gasteiger partial charge in [0.05, 0.1) is 0 Å². The molecule has 0 aromatic rings. The first-order valence-corrected chi connectivity index (χ1v) is 6.74. The Bertz CT molecular complexity index is 310. The molecular weight excluding hydrogens is 251 g/mol. The van der Waals surface area contributed by atoms with Gasteiger partial charge in [-0.05, 0) is 0 Å². The van der Waals surface area contributed by atoms with Crippen LogP contribution >= 0.6 is 20.1 Å². The Labute approximate surface area is 73.6 Å². The summed E-state index contributed by atoms with van der Waals surface area (Å²) in [6.45, 7) is 4.09. The summed E-state index contributed by atoms with van der Waals surface area (Å²) in [5.74, 6) is 0. The van der Waals surface area contributed by atoms with Crippen molar-refractivity contribution in [3.63, 3.8) is 0 Å². The van der Waals surface area contributed by atoms with E-state index in [0.29, 0.717) is 0 Å². The van der Waals surface area contributed by atoms with E-state index in [-0.39, 0.29) is 0 Å². The van der Waals surface area contributed by atoms with E-state index in [1.165, 1.54) is 3.72 Å². The van der Waals surface area contributed by atoms with Crippen LogP contribution in [0.1, 0.15) is 13.8 Å². The number of halogens is 1. The molecule has 0 spiro atoms. The van der Waals surface area contributed by atoms with Gasteiger partial charge in [-0.3, -0.25) is 0 Å². The molecular formula is C8H9IN2. The van der Waals surface area contributed by atoms with Gasteiger partial charge in [0.2, 0.25) is 0 Å². The summed E-state index contributed by atoms with van der Waals surface area (Å²) in [6.07, 6.45) is 4.15. The molecule has 0 unspecified atom stereocenters.